The summed E-state index contributed by atoms with van der Waals surface area (Å²) in [7, 11) is 0. The number of esters is 3. The molecule has 0 aliphatic heterocycles. The summed E-state index contributed by atoms with van der Waals surface area (Å²) >= 11 is 0. The number of carbonyl (C=O) groups excluding carboxylic acids is 3. The lowest BCUT2D eigenvalue weighted by Crippen LogP contribution is -2.30. The molecule has 0 N–H and O–H groups in total. The van der Waals surface area contributed by atoms with E-state index in [-0.39, 0.29) is 31.1 Å². The molecule has 0 amide bonds. The summed E-state index contributed by atoms with van der Waals surface area (Å²) in [6.07, 6.45) is 56.7. The van der Waals surface area contributed by atoms with Gasteiger partial charge in [-0.25, -0.2) is 0 Å². The van der Waals surface area contributed by atoms with Crippen LogP contribution in [0.4, 0.5) is 0 Å². The van der Waals surface area contributed by atoms with Crippen LogP contribution in [0.2, 0.25) is 0 Å². The maximum Gasteiger partial charge on any atom is 0.306 e. The summed E-state index contributed by atoms with van der Waals surface area (Å²) in [5, 5.41) is 0. The maximum atomic E-state index is 12.9. The zero-order valence-electron chi connectivity index (χ0n) is 45.3. The van der Waals surface area contributed by atoms with Crippen molar-refractivity contribution < 1.29 is 28.6 Å². The summed E-state index contributed by atoms with van der Waals surface area (Å²) in [5.74, 6) is 0.864. The first-order chi connectivity index (χ1) is 32.2. The smallest absolute Gasteiger partial charge is 0.306 e. The molecular weight excluding hydrogens is 817 g/mol. The van der Waals surface area contributed by atoms with Crippen molar-refractivity contribution in [2.45, 2.75) is 343 Å². The normalized spacial score (nSPS) is 12.0. The fourth-order valence-corrected chi connectivity index (χ4v) is 9.23. The van der Waals surface area contributed by atoms with E-state index in [9.17, 15) is 14.4 Å². The minimum Gasteiger partial charge on any atom is -0.462 e. The standard InChI is InChI=1S/C60H116O6/c1-6-7-8-9-10-11-30-35-40-45-50-58(61)64-53-57(54-65-59(62)51-46-41-36-31-26-22-19-18-21-25-29-34-39-44-49-56(4)5)66-60(63)52-47-42-37-32-27-23-17-15-13-12-14-16-20-24-28-33-38-43-48-55(2)3/h55-57H,6-54H2,1-5H3/t57-/m0/s1. The number of carbonyl (C=O) groups is 3. The molecule has 0 spiro atoms. The van der Waals surface area contributed by atoms with E-state index in [0.717, 1.165) is 69.6 Å². The molecule has 392 valence electrons. The van der Waals surface area contributed by atoms with E-state index in [1.54, 1.807) is 0 Å². The van der Waals surface area contributed by atoms with Crippen LogP contribution in [0.5, 0.6) is 0 Å². The second-order valence-electron chi connectivity index (χ2n) is 21.6. The van der Waals surface area contributed by atoms with Gasteiger partial charge in [0.25, 0.3) is 0 Å². The molecule has 0 saturated heterocycles. The van der Waals surface area contributed by atoms with E-state index in [1.165, 1.54) is 225 Å². The van der Waals surface area contributed by atoms with Crippen LogP contribution >= 0.6 is 0 Å². The number of hydrogen-bond acceptors (Lipinski definition) is 6. The van der Waals surface area contributed by atoms with E-state index < -0.39 is 6.10 Å². The van der Waals surface area contributed by atoms with Gasteiger partial charge in [-0.15, -0.1) is 0 Å². The first-order valence-corrected chi connectivity index (χ1v) is 29.7. The molecule has 6 nitrogen and oxygen atoms in total. The minimum absolute atomic E-state index is 0.0625. The zero-order valence-corrected chi connectivity index (χ0v) is 45.3. The molecule has 0 radical (unpaired) electrons. The molecule has 0 aromatic heterocycles. The van der Waals surface area contributed by atoms with Crippen molar-refractivity contribution in [1.29, 1.82) is 0 Å². The molecule has 0 bridgehead atoms. The fraction of sp³-hybridized carbons (Fsp3) is 0.950. The zero-order chi connectivity index (χ0) is 48.2. The van der Waals surface area contributed by atoms with Gasteiger partial charge in [-0.3, -0.25) is 14.4 Å². The van der Waals surface area contributed by atoms with E-state index in [2.05, 4.69) is 34.6 Å². The summed E-state index contributed by atoms with van der Waals surface area (Å²) < 4.78 is 16.9. The van der Waals surface area contributed by atoms with Crippen molar-refractivity contribution in [2.75, 3.05) is 13.2 Å². The second-order valence-corrected chi connectivity index (χ2v) is 21.6. The molecule has 0 aromatic rings. The van der Waals surface area contributed by atoms with Gasteiger partial charge in [-0.05, 0) is 31.1 Å². The van der Waals surface area contributed by atoms with Gasteiger partial charge in [-0.1, -0.05) is 298 Å². The molecule has 0 rings (SSSR count). The Morgan fingerprint density at radius 3 is 0.742 bits per heavy atom. The van der Waals surface area contributed by atoms with Crippen molar-refractivity contribution in [2.24, 2.45) is 11.8 Å². The van der Waals surface area contributed by atoms with Crippen LogP contribution in [0.3, 0.4) is 0 Å². The van der Waals surface area contributed by atoms with Crippen molar-refractivity contribution in [1.82, 2.24) is 0 Å². The largest absolute Gasteiger partial charge is 0.462 e. The van der Waals surface area contributed by atoms with Gasteiger partial charge in [0, 0.05) is 19.3 Å². The van der Waals surface area contributed by atoms with Crippen molar-refractivity contribution >= 4 is 17.9 Å². The van der Waals surface area contributed by atoms with Gasteiger partial charge in [0.1, 0.15) is 13.2 Å². The molecule has 0 aliphatic rings. The molecule has 0 heterocycles. The molecule has 0 fully saturated rings. The highest BCUT2D eigenvalue weighted by Gasteiger charge is 2.19. The molecule has 0 saturated carbocycles. The molecule has 6 heteroatoms. The highest BCUT2D eigenvalue weighted by Crippen LogP contribution is 2.18. The summed E-state index contributed by atoms with van der Waals surface area (Å²) in [6, 6.07) is 0. The number of rotatable bonds is 54. The summed E-state index contributed by atoms with van der Waals surface area (Å²) in [6.45, 7) is 11.4. The lowest BCUT2D eigenvalue weighted by Gasteiger charge is -2.18. The average molecular weight is 934 g/mol. The van der Waals surface area contributed by atoms with Gasteiger partial charge in [0.05, 0.1) is 0 Å². The highest BCUT2D eigenvalue weighted by molar-refractivity contribution is 5.71. The highest BCUT2D eigenvalue weighted by atomic mass is 16.6. The van der Waals surface area contributed by atoms with E-state index in [0.29, 0.717) is 19.3 Å². The first kappa shape index (κ1) is 64.4. The van der Waals surface area contributed by atoms with Crippen molar-refractivity contribution in [3.63, 3.8) is 0 Å². The SMILES string of the molecule is CCCCCCCCCCCCC(=O)OC[C@@H](COC(=O)CCCCCCCCCCCCCCCCC(C)C)OC(=O)CCCCCCCCCCCCCCCCCCCCC(C)C. The Morgan fingerprint density at radius 2 is 0.500 bits per heavy atom. The first-order valence-electron chi connectivity index (χ1n) is 29.7. The Kier molecular flexibility index (Phi) is 51.5. The number of ether oxygens (including phenoxy) is 3. The van der Waals surface area contributed by atoms with E-state index in [4.69, 9.17) is 14.2 Å². The molecule has 0 aliphatic carbocycles. The lowest BCUT2D eigenvalue weighted by molar-refractivity contribution is -0.167. The molecular formula is C60H116O6. The third kappa shape index (κ3) is 53.4. The van der Waals surface area contributed by atoms with Crippen molar-refractivity contribution in [3.8, 4) is 0 Å². The summed E-state index contributed by atoms with van der Waals surface area (Å²) in [4.78, 5) is 38.1. The Morgan fingerprint density at radius 1 is 0.288 bits per heavy atom. The quantitative estimate of drug-likeness (QED) is 0.0343. The predicted octanol–water partition coefficient (Wildman–Crippen LogP) is 19.7. The van der Waals surface area contributed by atoms with Gasteiger partial charge >= 0.3 is 17.9 Å². The van der Waals surface area contributed by atoms with Gasteiger partial charge in [-0.2, -0.15) is 0 Å². The van der Waals surface area contributed by atoms with Gasteiger partial charge in [0.15, 0.2) is 6.10 Å². The van der Waals surface area contributed by atoms with E-state index >= 15 is 0 Å². The Labute approximate surface area is 412 Å². The topological polar surface area (TPSA) is 78.9 Å². The van der Waals surface area contributed by atoms with Crippen LogP contribution in [-0.4, -0.2) is 37.2 Å². The fourth-order valence-electron chi connectivity index (χ4n) is 9.23. The molecule has 0 aromatic carbocycles. The Hall–Kier alpha value is -1.59. The van der Waals surface area contributed by atoms with Crippen LogP contribution in [0.15, 0.2) is 0 Å². The average Bonchev–Trinajstić information content (AvgIpc) is 3.29. The van der Waals surface area contributed by atoms with Crippen LogP contribution in [0.25, 0.3) is 0 Å². The number of hydrogen-bond donors (Lipinski definition) is 0. The Bertz CT molecular complexity index is 1010. The van der Waals surface area contributed by atoms with Crippen LogP contribution in [0.1, 0.15) is 336 Å². The minimum atomic E-state index is -0.762. The molecule has 1 atom stereocenters. The number of unbranched alkanes of at least 4 members (excludes halogenated alkanes) is 39. The third-order valence-electron chi connectivity index (χ3n) is 13.7. The van der Waals surface area contributed by atoms with Crippen LogP contribution in [0, 0.1) is 11.8 Å². The van der Waals surface area contributed by atoms with Crippen molar-refractivity contribution in [3.05, 3.63) is 0 Å². The summed E-state index contributed by atoms with van der Waals surface area (Å²) in [5.41, 5.74) is 0. The monoisotopic (exact) mass is 933 g/mol. The van der Waals surface area contributed by atoms with Gasteiger partial charge in [0.2, 0.25) is 0 Å². The van der Waals surface area contributed by atoms with E-state index in [1.807, 2.05) is 0 Å². The Balaban J connectivity index is 4.21. The molecule has 66 heavy (non-hydrogen) atoms. The third-order valence-corrected chi connectivity index (χ3v) is 13.7. The predicted molar refractivity (Wildman–Crippen MR) is 284 cm³/mol. The lowest BCUT2D eigenvalue weighted by atomic mass is 10.0. The molecule has 0 unspecified atom stereocenters. The second kappa shape index (κ2) is 52.8. The van der Waals surface area contributed by atoms with Crippen LogP contribution in [-0.2, 0) is 28.6 Å². The van der Waals surface area contributed by atoms with Crippen LogP contribution < -0.4 is 0 Å². The maximum absolute atomic E-state index is 12.9. The van der Waals surface area contributed by atoms with Gasteiger partial charge < -0.3 is 14.2 Å².